The molecule has 1 aromatic rings. The van der Waals surface area contributed by atoms with E-state index in [1.165, 1.54) is 0 Å². The van der Waals surface area contributed by atoms with Crippen molar-refractivity contribution in [3.63, 3.8) is 0 Å². The van der Waals surface area contributed by atoms with E-state index in [0.717, 1.165) is 11.1 Å². The third kappa shape index (κ3) is 4.06. The van der Waals surface area contributed by atoms with Crippen LogP contribution < -0.4 is 21.5 Å². The summed E-state index contributed by atoms with van der Waals surface area (Å²) in [6.07, 6.45) is 0. The minimum Gasteiger partial charge on any atom is -0.483 e. The summed E-state index contributed by atoms with van der Waals surface area (Å²) in [6, 6.07) is 4.51. The number of ether oxygens (including phenoxy) is 1. The molecule has 18 heavy (non-hydrogen) atoms. The highest BCUT2D eigenvalue weighted by molar-refractivity contribution is 5.94. The fraction of sp³-hybridized carbons (Fsp3) is 0.333. The van der Waals surface area contributed by atoms with Crippen LogP contribution in [0.5, 0.6) is 5.75 Å². The second kappa shape index (κ2) is 6.02. The van der Waals surface area contributed by atoms with Crippen LogP contribution in [0.2, 0.25) is 0 Å². The highest BCUT2D eigenvalue weighted by Gasteiger charge is 2.08. The summed E-state index contributed by atoms with van der Waals surface area (Å²) in [4.78, 5) is 21.6. The molecule has 0 spiro atoms. The number of amides is 3. The Morgan fingerprint density at radius 1 is 1.44 bits per heavy atom. The standard InChI is InChI=1S/C12H17N3O3/c1-7-5-9(8(2)13)3-4-10(7)18-6-11(16)15-12(14)17/h3-5,8H,6,13H2,1-2H3,(H3,14,15,16,17)/t8-/m0/s1. The number of hydrogen-bond acceptors (Lipinski definition) is 4. The van der Waals surface area contributed by atoms with Gasteiger partial charge in [-0.15, -0.1) is 0 Å². The molecule has 1 atom stereocenters. The molecule has 6 heteroatoms. The van der Waals surface area contributed by atoms with Gasteiger partial charge in [0.15, 0.2) is 6.61 Å². The summed E-state index contributed by atoms with van der Waals surface area (Å²) < 4.78 is 5.27. The van der Waals surface area contributed by atoms with E-state index in [2.05, 4.69) is 0 Å². The lowest BCUT2D eigenvalue weighted by Crippen LogP contribution is -2.38. The first-order valence-corrected chi connectivity index (χ1v) is 5.48. The molecule has 0 aromatic heterocycles. The van der Waals surface area contributed by atoms with Gasteiger partial charge in [-0.1, -0.05) is 12.1 Å². The number of nitrogens with two attached hydrogens (primary N) is 2. The van der Waals surface area contributed by atoms with E-state index in [1.54, 1.807) is 6.07 Å². The van der Waals surface area contributed by atoms with Gasteiger partial charge >= 0.3 is 6.03 Å². The van der Waals surface area contributed by atoms with Crippen molar-refractivity contribution < 1.29 is 14.3 Å². The fourth-order valence-corrected chi connectivity index (χ4v) is 1.43. The molecule has 0 fully saturated rings. The summed E-state index contributed by atoms with van der Waals surface area (Å²) in [7, 11) is 0. The number of nitrogens with one attached hydrogen (secondary N) is 1. The Bertz CT molecular complexity index is 458. The van der Waals surface area contributed by atoms with Gasteiger partial charge in [0, 0.05) is 6.04 Å². The highest BCUT2D eigenvalue weighted by Crippen LogP contribution is 2.21. The first-order chi connectivity index (χ1) is 8.40. The molecule has 0 bridgehead atoms. The molecule has 5 N–H and O–H groups in total. The number of carbonyl (C=O) groups is 2. The predicted molar refractivity (Wildman–Crippen MR) is 67.0 cm³/mol. The van der Waals surface area contributed by atoms with Crippen LogP contribution in [0.15, 0.2) is 18.2 Å². The Kier molecular flexibility index (Phi) is 4.67. The van der Waals surface area contributed by atoms with Gasteiger partial charge in [0.1, 0.15) is 5.75 Å². The van der Waals surface area contributed by atoms with Crippen molar-refractivity contribution in [2.24, 2.45) is 11.5 Å². The molecule has 1 rings (SSSR count). The minimum absolute atomic E-state index is 0.0593. The van der Waals surface area contributed by atoms with E-state index in [-0.39, 0.29) is 12.6 Å². The average Bonchev–Trinajstić information content (AvgIpc) is 2.26. The minimum atomic E-state index is -0.896. The average molecular weight is 251 g/mol. The molecular formula is C12H17N3O3. The molecule has 98 valence electrons. The van der Waals surface area contributed by atoms with Crippen molar-refractivity contribution in [1.29, 1.82) is 0 Å². The molecule has 0 aliphatic heterocycles. The van der Waals surface area contributed by atoms with Crippen LogP contribution in [0.25, 0.3) is 0 Å². The summed E-state index contributed by atoms with van der Waals surface area (Å²) in [6.45, 7) is 3.48. The van der Waals surface area contributed by atoms with Crippen LogP contribution in [-0.4, -0.2) is 18.5 Å². The number of rotatable bonds is 4. The molecular weight excluding hydrogens is 234 g/mol. The molecule has 0 aliphatic rings. The topological polar surface area (TPSA) is 107 Å². The first kappa shape index (κ1) is 14.0. The quantitative estimate of drug-likeness (QED) is 0.727. The predicted octanol–water partition coefficient (Wildman–Crippen LogP) is 0.588. The number of primary amides is 1. The van der Waals surface area contributed by atoms with Gasteiger partial charge in [-0.2, -0.15) is 0 Å². The Morgan fingerprint density at radius 3 is 2.61 bits per heavy atom. The summed E-state index contributed by atoms with van der Waals surface area (Å²) in [5.74, 6) is -0.0165. The molecule has 0 unspecified atom stereocenters. The zero-order valence-corrected chi connectivity index (χ0v) is 10.4. The van der Waals surface area contributed by atoms with Crippen LogP contribution in [0.3, 0.4) is 0 Å². The normalized spacial score (nSPS) is 11.7. The van der Waals surface area contributed by atoms with E-state index in [0.29, 0.717) is 5.75 Å². The largest absolute Gasteiger partial charge is 0.483 e. The number of benzene rings is 1. The lowest BCUT2D eigenvalue weighted by Gasteiger charge is -2.11. The van der Waals surface area contributed by atoms with E-state index in [1.807, 2.05) is 31.3 Å². The van der Waals surface area contributed by atoms with Gasteiger partial charge in [0.25, 0.3) is 5.91 Å². The van der Waals surface area contributed by atoms with Crippen molar-refractivity contribution in [3.05, 3.63) is 29.3 Å². The number of carbonyl (C=O) groups excluding carboxylic acids is 2. The number of aryl methyl sites for hydroxylation is 1. The molecule has 1 aromatic carbocycles. The zero-order chi connectivity index (χ0) is 13.7. The molecule has 0 saturated carbocycles. The summed E-state index contributed by atoms with van der Waals surface area (Å²) in [5, 5.41) is 1.92. The maximum Gasteiger partial charge on any atom is 0.318 e. The third-order valence-corrected chi connectivity index (χ3v) is 2.35. The molecule has 0 aliphatic carbocycles. The fourth-order valence-electron chi connectivity index (χ4n) is 1.43. The number of imide groups is 1. The van der Waals surface area contributed by atoms with Crippen LogP contribution in [-0.2, 0) is 4.79 Å². The monoisotopic (exact) mass is 251 g/mol. The molecule has 0 heterocycles. The SMILES string of the molecule is Cc1cc([C@H](C)N)ccc1OCC(=O)NC(N)=O. The molecule has 0 saturated heterocycles. The highest BCUT2D eigenvalue weighted by atomic mass is 16.5. The molecule has 3 amide bonds. The van der Waals surface area contributed by atoms with Crippen LogP contribution in [0.1, 0.15) is 24.1 Å². The maximum absolute atomic E-state index is 11.2. The lowest BCUT2D eigenvalue weighted by atomic mass is 10.1. The second-order valence-electron chi connectivity index (χ2n) is 4.01. The van der Waals surface area contributed by atoms with Gasteiger partial charge in [0.2, 0.25) is 0 Å². The zero-order valence-electron chi connectivity index (χ0n) is 10.4. The van der Waals surface area contributed by atoms with Gasteiger partial charge in [-0.3, -0.25) is 10.1 Å². The van der Waals surface area contributed by atoms with Crippen molar-refractivity contribution in [1.82, 2.24) is 5.32 Å². The summed E-state index contributed by atoms with van der Waals surface area (Å²) >= 11 is 0. The van der Waals surface area contributed by atoms with E-state index >= 15 is 0 Å². The van der Waals surface area contributed by atoms with Crippen molar-refractivity contribution in [3.8, 4) is 5.75 Å². The molecule has 0 radical (unpaired) electrons. The van der Waals surface area contributed by atoms with Crippen molar-refractivity contribution in [2.45, 2.75) is 19.9 Å². The molecule has 6 nitrogen and oxygen atoms in total. The van der Waals surface area contributed by atoms with E-state index in [4.69, 9.17) is 16.2 Å². The third-order valence-electron chi connectivity index (χ3n) is 2.35. The van der Waals surface area contributed by atoms with Gasteiger partial charge < -0.3 is 16.2 Å². The Morgan fingerprint density at radius 2 is 2.11 bits per heavy atom. The smallest absolute Gasteiger partial charge is 0.318 e. The van der Waals surface area contributed by atoms with Gasteiger partial charge in [-0.05, 0) is 31.0 Å². The Labute approximate surface area is 105 Å². The Balaban J connectivity index is 2.63. The van der Waals surface area contributed by atoms with Gasteiger partial charge in [0.05, 0.1) is 0 Å². The second-order valence-corrected chi connectivity index (χ2v) is 4.01. The van der Waals surface area contributed by atoms with E-state index in [9.17, 15) is 9.59 Å². The van der Waals surface area contributed by atoms with Crippen molar-refractivity contribution in [2.75, 3.05) is 6.61 Å². The number of hydrogen-bond donors (Lipinski definition) is 3. The summed E-state index contributed by atoms with van der Waals surface area (Å²) in [5.41, 5.74) is 12.4. The maximum atomic E-state index is 11.2. The first-order valence-electron chi connectivity index (χ1n) is 5.48. The van der Waals surface area contributed by atoms with E-state index < -0.39 is 11.9 Å². The lowest BCUT2D eigenvalue weighted by molar-refractivity contribution is -0.121. The van der Waals surface area contributed by atoms with Crippen LogP contribution in [0, 0.1) is 6.92 Å². The number of urea groups is 1. The van der Waals surface area contributed by atoms with Gasteiger partial charge in [-0.25, -0.2) is 4.79 Å². The van der Waals surface area contributed by atoms with Crippen LogP contribution >= 0.6 is 0 Å². The van der Waals surface area contributed by atoms with Crippen LogP contribution in [0.4, 0.5) is 4.79 Å². The Hall–Kier alpha value is -2.08. The van der Waals surface area contributed by atoms with Crippen molar-refractivity contribution >= 4 is 11.9 Å².